The summed E-state index contributed by atoms with van der Waals surface area (Å²) >= 11 is 0. The Hall–Kier alpha value is -3.00. The third-order valence-electron chi connectivity index (χ3n) is 4.65. The van der Waals surface area contributed by atoms with Gasteiger partial charge in [-0.15, -0.1) is 0 Å². The first-order valence-corrected chi connectivity index (χ1v) is 8.07. The van der Waals surface area contributed by atoms with E-state index in [4.69, 9.17) is 0 Å². The van der Waals surface area contributed by atoms with Crippen molar-refractivity contribution in [2.75, 3.05) is 18.4 Å². The van der Waals surface area contributed by atoms with Crippen LogP contribution in [-0.4, -0.2) is 46.3 Å². The van der Waals surface area contributed by atoms with Crippen molar-refractivity contribution in [3.63, 3.8) is 0 Å². The number of aromatic nitrogens is 2. The first kappa shape index (κ1) is 15.5. The summed E-state index contributed by atoms with van der Waals surface area (Å²) in [6.07, 6.45) is 5.16. The van der Waals surface area contributed by atoms with Crippen LogP contribution in [0.25, 0.3) is 5.69 Å². The van der Waals surface area contributed by atoms with E-state index in [2.05, 4.69) is 20.9 Å². The maximum atomic E-state index is 12.5. The van der Waals surface area contributed by atoms with Crippen LogP contribution >= 0.6 is 0 Å². The van der Waals surface area contributed by atoms with Crippen molar-refractivity contribution in [1.82, 2.24) is 20.2 Å². The van der Waals surface area contributed by atoms with Gasteiger partial charge in [0.1, 0.15) is 0 Å². The second-order valence-corrected chi connectivity index (χ2v) is 6.22. The van der Waals surface area contributed by atoms with E-state index in [0.717, 1.165) is 5.69 Å². The number of carbonyl (C=O) groups excluding carboxylic acids is 3. The maximum Gasteiger partial charge on any atom is 0.244 e. The molecule has 8 nitrogen and oxygen atoms in total. The SMILES string of the molecule is O=C(Nc1ccc(-n2ccnc2)cc1)C1C(=O)N[C@@H]2CNC[C@H]2C1=O. The van der Waals surface area contributed by atoms with Gasteiger partial charge in [-0.05, 0) is 24.3 Å². The molecule has 3 heterocycles. The average molecular weight is 339 g/mol. The number of fused-ring (bicyclic) bond motifs is 1. The predicted molar refractivity (Wildman–Crippen MR) is 89.0 cm³/mol. The third-order valence-corrected chi connectivity index (χ3v) is 4.65. The Balaban J connectivity index is 1.48. The Morgan fingerprint density at radius 1 is 1.20 bits per heavy atom. The van der Waals surface area contributed by atoms with E-state index >= 15 is 0 Å². The van der Waals surface area contributed by atoms with Crippen LogP contribution in [0.5, 0.6) is 0 Å². The zero-order valence-corrected chi connectivity index (χ0v) is 13.3. The van der Waals surface area contributed by atoms with Crippen LogP contribution in [0.2, 0.25) is 0 Å². The summed E-state index contributed by atoms with van der Waals surface area (Å²) < 4.78 is 1.83. The summed E-state index contributed by atoms with van der Waals surface area (Å²) in [6, 6.07) is 6.86. The highest BCUT2D eigenvalue weighted by molar-refractivity contribution is 6.23. The Bertz CT molecular complexity index is 815. The second-order valence-electron chi connectivity index (χ2n) is 6.22. The molecule has 4 rings (SSSR count). The molecule has 0 aliphatic carbocycles. The minimum Gasteiger partial charge on any atom is -0.350 e. The van der Waals surface area contributed by atoms with E-state index in [1.54, 1.807) is 24.7 Å². The summed E-state index contributed by atoms with van der Waals surface area (Å²) in [5, 5.41) is 8.49. The molecular formula is C17H17N5O3. The Kier molecular flexibility index (Phi) is 3.81. The van der Waals surface area contributed by atoms with Crippen molar-refractivity contribution >= 4 is 23.3 Å². The number of rotatable bonds is 3. The van der Waals surface area contributed by atoms with Gasteiger partial charge < -0.3 is 20.5 Å². The zero-order valence-electron chi connectivity index (χ0n) is 13.3. The number of anilines is 1. The average Bonchev–Trinajstić information content (AvgIpc) is 3.26. The largest absolute Gasteiger partial charge is 0.350 e. The standard InChI is InChI=1S/C17H17N5O3/c23-15-12-7-19-8-13(12)21-17(25)14(15)16(24)20-10-1-3-11(4-2-10)22-6-5-18-9-22/h1-6,9,12-14,19H,7-8H2,(H,20,24)(H,21,25)/t12-,13-,14?/m1/s1. The summed E-state index contributed by atoms with van der Waals surface area (Å²) in [4.78, 5) is 41.1. The molecule has 2 fully saturated rings. The lowest BCUT2D eigenvalue weighted by Gasteiger charge is -2.29. The van der Waals surface area contributed by atoms with E-state index in [1.165, 1.54) is 0 Å². The molecule has 2 aromatic rings. The zero-order chi connectivity index (χ0) is 17.4. The van der Waals surface area contributed by atoms with Gasteiger partial charge in [0.2, 0.25) is 11.8 Å². The van der Waals surface area contributed by atoms with Crippen molar-refractivity contribution < 1.29 is 14.4 Å². The normalized spacial score (nSPS) is 25.4. The third kappa shape index (κ3) is 2.80. The Labute approximate surface area is 143 Å². The lowest BCUT2D eigenvalue weighted by molar-refractivity contribution is -0.145. The molecule has 3 N–H and O–H groups in total. The van der Waals surface area contributed by atoms with Gasteiger partial charge in [-0.1, -0.05) is 0 Å². The molecule has 3 atom stereocenters. The van der Waals surface area contributed by atoms with Crippen molar-refractivity contribution in [1.29, 1.82) is 0 Å². The summed E-state index contributed by atoms with van der Waals surface area (Å²) in [7, 11) is 0. The molecule has 0 bridgehead atoms. The molecule has 25 heavy (non-hydrogen) atoms. The van der Waals surface area contributed by atoms with Crippen molar-refractivity contribution in [3.8, 4) is 5.69 Å². The Morgan fingerprint density at radius 2 is 2.00 bits per heavy atom. The minimum atomic E-state index is -1.30. The number of Topliss-reactive ketones (excluding diaryl/α,β-unsaturated/α-hetero) is 1. The fraction of sp³-hybridized carbons (Fsp3) is 0.294. The van der Waals surface area contributed by atoms with Crippen LogP contribution in [0.1, 0.15) is 0 Å². The van der Waals surface area contributed by atoms with Crippen molar-refractivity contribution in [3.05, 3.63) is 43.0 Å². The van der Waals surface area contributed by atoms with Gasteiger partial charge in [-0.3, -0.25) is 14.4 Å². The van der Waals surface area contributed by atoms with Gasteiger partial charge >= 0.3 is 0 Å². The predicted octanol–water partition coefficient (Wildman–Crippen LogP) is -0.286. The molecule has 8 heteroatoms. The van der Waals surface area contributed by atoms with E-state index in [9.17, 15) is 14.4 Å². The molecule has 1 aromatic heterocycles. The molecule has 2 aliphatic rings. The lowest BCUT2D eigenvalue weighted by Crippen LogP contribution is -2.57. The highest BCUT2D eigenvalue weighted by atomic mass is 16.2. The number of nitrogens with one attached hydrogen (secondary N) is 3. The number of ketones is 1. The van der Waals surface area contributed by atoms with Gasteiger partial charge in [0.15, 0.2) is 11.7 Å². The molecule has 0 saturated carbocycles. The van der Waals surface area contributed by atoms with Crippen molar-refractivity contribution in [2.24, 2.45) is 11.8 Å². The number of benzene rings is 1. The number of piperidine rings is 1. The first-order chi connectivity index (χ1) is 12.1. The van der Waals surface area contributed by atoms with Gasteiger partial charge in [0.25, 0.3) is 0 Å². The van der Waals surface area contributed by atoms with Gasteiger partial charge in [-0.2, -0.15) is 0 Å². The number of hydrogen-bond acceptors (Lipinski definition) is 5. The quantitative estimate of drug-likeness (QED) is 0.667. The molecular weight excluding hydrogens is 322 g/mol. The first-order valence-electron chi connectivity index (χ1n) is 8.07. The van der Waals surface area contributed by atoms with Crippen LogP contribution in [0, 0.1) is 11.8 Å². The van der Waals surface area contributed by atoms with E-state index < -0.39 is 17.7 Å². The highest BCUT2D eigenvalue weighted by Gasteiger charge is 2.48. The van der Waals surface area contributed by atoms with Crippen LogP contribution in [-0.2, 0) is 14.4 Å². The monoisotopic (exact) mass is 339 g/mol. The smallest absolute Gasteiger partial charge is 0.244 e. The van der Waals surface area contributed by atoms with Gasteiger partial charge in [-0.25, -0.2) is 4.98 Å². The molecule has 2 saturated heterocycles. The number of amides is 2. The van der Waals surface area contributed by atoms with Gasteiger partial charge in [0, 0.05) is 36.9 Å². The van der Waals surface area contributed by atoms with Crippen molar-refractivity contribution in [2.45, 2.75) is 6.04 Å². The second kappa shape index (κ2) is 6.14. The van der Waals surface area contributed by atoms with Crippen LogP contribution in [0.4, 0.5) is 5.69 Å². The van der Waals surface area contributed by atoms with E-state index in [0.29, 0.717) is 18.8 Å². The molecule has 128 valence electrons. The minimum absolute atomic E-state index is 0.210. The fourth-order valence-corrected chi connectivity index (χ4v) is 3.33. The molecule has 1 aromatic carbocycles. The molecule has 1 unspecified atom stereocenters. The number of imidazole rings is 1. The molecule has 0 radical (unpaired) electrons. The number of carbonyl (C=O) groups is 3. The molecule has 2 amide bonds. The van der Waals surface area contributed by atoms with Gasteiger partial charge in [0.05, 0.1) is 18.3 Å². The lowest BCUT2D eigenvalue weighted by atomic mass is 9.84. The fourth-order valence-electron chi connectivity index (χ4n) is 3.33. The summed E-state index contributed by atoms with van der Waals surface area (Å²) in [5.41, 5.74) is 1.42. The van der Waals surface area contributed by atoms with E-state index in [1.807, 2.05) is 22.9 Å². The summed E-state index contributed by atoms with van der Waals surface area (Å²) in [6.45, 7) is 1.05. The molecule has 2 aliphatic heterocycles. The van der Waals surface area contributed by atoms with Crippen LogP contribution < -0.4 is 16.0 Å². The summed E-state index contributed by atoms with van der Waals surface area (Å²) in [5.74, 6) is -3.07. The number of nitrogens with zero attached hydrogens (tertiary/aromatic N) is 2. The molecule has 0 spiro atoms. The van der Waals surface area contributed by atoms with E-state index in [-0.39, 0.29) is 17.7 Å². The van der Waals surface area contributed by atoms with Crippen LogP contribution in [0.15, 0.2) is 43.0 Å². The number of hydrogen-bond donors (Lipinski definition) is 3. The highest BCUT2D eigenvalue weighted by Crippen LogP contribution is 2.23. The van der Waals surface area contributed by atoms with Crippen LogP contribution in [0.3, 0.4) is 0 Å². The maximum absolute atomic E-state index is 12.5. The Morgan fingerprint density at radius 3 is 2.72 bits per heavy atom. The topological polar surface area (TPSA) is 105 Å².